The topological polar surface area (TPSA) is 53.3 Å². The van der Waals surface area contributed by atoms with Crippen LogP contribution in [0.25, 0.3) is 0 Å². The Labute approximate surface area is 108 Å². The number of fused-ring (bicyclic) bond motifs is 2. The van der Waals surface area contributed by atoms with Gasteiger partial charge in [-0.2, -0.15) is 5.26 Å². The van der Waals surface area contributed by atoms with Crippen LogP contribution in [0.5, 0.6) is 0 Å². The molecule has 1 amide bonds. The Morgan fingerprint density at radius 1 is 1.39 bits per heavy atom. The third kappa shape index (κ3) is 2.24. The maximum Gasteiger partial charge on any atom is 0.223 e. The Kier molecular flexibility index (Phi) is 3.25. The predicted octanol–water partition coefficient (Wildman–Crippen LogP) is 1.56. The monoisotopic (exact) mass is 248 g/mol. The Morgan fingerprint density at radius 3 is 2.94 bits per heavy atom. The van der Waals surface area contributed by atoms with Crippen molar-refractivity contribution in [2.24, 2.45) is 17.8 Å². The molecule has 2 aliphatic carbocycles. The maximum absolute atomic E-state index is 12.3. The van der Waals surface area contributed by atoms with Crippen molar-refractivity contribution in [3.05, 3.63) is 0 Å². The molecule has 0 N–H and O–H groups in total. The number of morpholine rings is 1. The number of nitrogens with zero attached hydrogens (tertiary/aromatic N) is 2. The normalized spacial score (nSPS) is 38.7. The van der Waals surface area contributed by atoms with Gasteiger partial charge >= 0.3 is 0 Å². The zero-order valence-corrected chi connectivity index (χ0v) is 10.7. The lowest BCUT2D eigenvalue weighted by atomic mass is 9.86. The second-order valence-corrected chi connectivity index (χ2v) is 5.97. The van der Waals surface area contributed by atoms with Crippen LogP contribution in [0.3, 0.4) is 0 Å². The minimum atomic E-state index is -0.428. The molecule has 2 bridgehead atoms. The van der Waals surface area contributed by atoms with E-state index in [1.807, 2.05) is 4.90 Å². The molecular formula is C14H20N2O2. The highest BCUT2D eigenvalue weighted by Gasteiger charge is 2.40. The fourth-order valence-electron chi connectivity index (χ4n) is 3.93. The van der Waals surface area contributed by atoms with Crippen molar-refractivity contribution in [1.29, 1.82) is 5.26 Å². The molecule has 0 radical (unpaired) electrons. The molecule has 3 rings (SSSR count). The van der Waals surface area contributed by atoms with Gasteiger partial charge in [0.15, 0.2) is 6.10 Å². The van der Waals surface area contributed by atoms with Crippen LogP contribution in [0.15, 0.2) is 0 Å². The molecule has 1 saturated heterocycles. The van der Waals surface area contributed by atoms with Crippen LogP contribution in [-0.4, -0.2) is 36.6 Å². The summed E-state index contributed by atoms with van der Waals surface area (Å²) >= 11 is 0. The van der Waals surface area contributed by atoms with Crippen LogP contribution >= 0.6 is 0 Å². The molecule has 0 aromatic rings. The van der Waals surface area contributed by atoms with Crippen LogP contribution in [0, 0.1) is 29.1 Å². The van der Waals surface area contributed by atoms with Gasteiger partial charge in [0.1, 0.15) is 0 Å². The van der Waals surface area contributed by atoms with Gasteiger partial charge in [0.25, 0.3) is 0 Å². The van der Waals surface area contributed by atoms with E-state index in [-0.39, 0.29) is 5.91 Å². The van der Waals surface area contributed by atoms with Gasteiger partial charge in [-0.25, -0.2) is 0 Å². The van der Waals surface area contributed by atoms with Gasteiger partial charge in [0.05, 0.1) is 19.2 Å². The molecular weight excluding hydrogens is 228 g/mol. The number of carbonyl (C=O) groups is 1. The molecule has 4 unspecified atom stereocenters. The molecule has 18 heavy (non-hydrogen) atoms. The first kappa shape index (κ1) is 12.0. The van der Waals surface area contributed by atoms with E-state index in [0.717, 1.165) is 11.8 Å². The lowest BCUT2D eigenvalue weighted by Crippen LogP contribution is -2.45. The predicted molar refractivity (Wildman–Crippen MR) is 65.5 cm³/mol. The Bertz CT molecular complexity index is 376. The van der Waals surface area contributed by atoms with E-state index in [1.54, 1.807) is 0 Å². The fourth-order valence-corrected chi connectivity index (χ4v) is 3.93. The Morgan fingerprint density at radius 2 is 2.28 bits per heavy atom. The second-order valence-electron chi connectivity index (χ2n) is 5.97. The number of hydrogen-bond acceptors (Lipinski definition) is 3. The van der Waals surface area contributed by atoms with Crippen LogP contribution in [-0.2, 0) is 9.53 Å². The highest BCUT2D eigenvalue weighted by molar-refractivity contribution is 5.76. The van der Waals surface area contributed by atoms with Crippen LogP contribution in [0.1, 0.15) is 32.1 Å². The van der Waals surface area contributed by atoms with Crippen LogP contribution in [0.4, 0.5) is 0 Å². The van der Waals surface area contributed by atoms with Gasteiger partial charge in [-0.15, -0.1) is 0 Å². The zero-order valence-electron chi connectivity index (χ0n) is 10.7. The molecule has 2 saturated carbocycles. The highest BCUT2D eigenvalue weighted by atomic mass is 16.5. The van der Waals surface area contributed by atoms with Crippen molar-refractivity contribution in [1.82, 2.24) is 4.90 Å². The molecule has 0 aromatic carbocycles. The van der Waals surface area contributed by atoms with Gasteiger partial charge in [0.2, 0.25) is 5.91 Å². The van der Waals surface area contributed by atoms with E-state index in [2.05, 4.69) is 6.07 Å². The minimum Gasteiger partial charge on any atom is -0.360 e. The average Bonchev–Trinajstić information content (AvgIpc) is 3.01. The van der Waals surface area contributed by atoms with Crippen molar-refractivity contribution in [3.63, 3.8) is 0 Å². The van der Waals surface area contributed by atoms with Gasteiger partial charge in [-0.1, -0.05) is 6.42 Å². The van der Waals surface area contributed by atoms with E-state index in [4.69, 9.17) is 10.00 Å². The molecule has 4 nitrogen and oxygen atoms in total. The largest absolute Gasteiger partial charge is 0.360 e. The number of carbonyl (C=O) groups excluding carboxylic acids is 1. The minimum absolute atomic E-state index is 0.233. The summed E-state index contributed by atoms with van der Waals surface area (Å²) in [6.07, 6.45) is 5.57. The van der Waals surface area contributed by atoms with E-state index >= 15 is 0 Å². The quantitative estimate of drug-likeness (QED) is 0.745. The molecule has 1 aliphatic heterocycles. The number of hydrogen-bond donors (Lipinski definition) is 0. The van der Waals surface area contributed by atoms with Gasteiger partial charge in [-0.3, -0.25) is 4.79 Å². The van der Waals surface area contributed by atoms with Crippen molar-refractivity contribution >= 4 is 5.91 Å². The molecule has 98 valence electrons. The lowest BCUT2D eigenvalue weighted by Gasteiger charge is -2.31. The fraction of sp³-hybridized carbons (Fsp3) is 0.857. The summed E-state index contributed by atoms with van der Waals surface area (Å²) in [6, 6.07) is 2.09. The van der Waals surface area contributed by atoms with Crippen molar-refractivity contribution in [3.8, 4) is 6.07 Å². The van der Waals surface area contributed by atoms with Crippen LogP contribution < -0.4 is 0 Å². The number of rotatable bonds is 2. The number of ether oxygens (including phenoxy) is 1. The first-order chi connectivity index (χ1) is 8.76. The summed E-state index contributed by atoms with van der Waals surface area (Å²) in [5, 5.41) is 8.85. The molecule has 4 atom stereocenters. The van der Waals surface area contributed by atoms with E-state index in [1.165, 1.54) is 25.7 Å². The van der Waals surface area contributed by atoms with Crippen molar-refractivity contribution in [2.45, 2.75) is 38.2 Å². The maximum atomic E-state index is 12.3. The van der Waals surface area contributed by atoms with Gasteiger partial charge in [0, 0.05) is 13.0 Å². The highest BCUT2D eigenvalue weighted by Crippen LogP contribution is 2.49. The van der Waals surface area contributed by atoms with Gasteiger partial charge < -0.3 is 9.64 Å². The van der Waals surface area contributed by atoms with E-state index in [0.29, 0.717) is 32.0 Å². The smallest absolute Gasteiger partial charge is 0.223 e. The molecule has 4 heteroatoms. The molecule has 3 fully saturated rings. The Balaban J connectivity index is 1.54. The summed E-state index contributed by atoms with van der Waals surface area (Å²) in [4.78, 5) is 14.1. The summed E-state index contributed by atoms with van der Waals surface area (Å²) in [5.41, 5.74) is 0. The molecule has 0 spiro atoms. The molecule has 3 aliphatic rings. The summed E-state index contributed by atoms with van der Waals surface area (Å²) in [6.45, 7) is 1.61. The summed E-state index contributed by atoms with van der Waals surface area (Å²) in [5.74, 6) is 2.53. The Hall–Kier alpha value is -1.08. The van der Waals surface area contributed by atoms with E-state index < -0.39 is 6.10 Å². The third-order valence-corrected chi connectivity index (χ3v) is 4.88. The first-order valence-corrected chi connectivity index (χ1v) is 7.05. The van der Waals surface area contributed by atoms with Crippen LogP contribution in [0.2, 0.25) is 0 Å². The SMILES string of the molecule is N#CC1CN(C(=O)CC2CC3CCC2C3)CCO1. The third-order valence-electron chi connectivity index (χ3n) is 4.88. The van der Waals surface area contributed by atoms with Gasteiger partial charge in [-0.05, 0) is 37.0 Å². The van der Waals surface area contributed by atoms with Crippen molar-refractivity contribution < 1.29 is 9.53 Å². The number of nitriles is 1. The lowest BCUT2D eigenvalue weighted by molar-refractivity contribution is -0.138. The van der Waals surface area contributed by atoms with Crippen molar-refractivity contribution in [2.75, 3.05) is 19.7 Å². The number of amides is 1. The molecule has 0 aromatic heterocycles. The zero-order chi connectivity index (χ0) is 12.5. The summed E-state index contributed by atoms with van der Waals surface area (Å²) in [7, 11) is 0. The second kappa shape index (κ2) is 4.89. The molecule has 1 heterocycles. The first-order valence-electron chi connectivity index (χ1n) is 7.05. The average molecular weight is 248 g/mol. The standard InChI is InChI=1S/C14H20N2O2/c15-8-13-9-16(3-4-18-13)14(17)7-12-6-10-1-2-11(12)5-10/h10-13H,1-7,9H2. The summed E-state index contributed by atoms with van der Waals surface area (Å²) < 4.78 is 5.27. The van der Waals surface area contributed by atoms with E-state index in [9.17, 15) is 4.79 Å².